The third-order valence-corrected chi connectivity index (χ3v) is 2.84. The van der Waals surface area contributed by atoms with E-state index in [1.165, 1.54) is 0 Å². The minimum atomic E-state index is 0.480. The third-order valence-electron chi connectivity index (χ3n) is 2.84. The van der Waals surface area contributed by atoms with Crippen LogP contribution in [0.25, 0.3) is 10.8 Å². The zero-order valence-corrected chi connectivity index (χ0v) is 10.2. The molecule has 0 amide bonds. The molecule has 3 rings (SSSR count). The van der Waals surface area contributed by atoms with Crippen molar-refractivity contribution >= 4 is 16.6 Å². The molecule has 0 radical (unpaired) electrons. The first-order chi connectivity index (χ1) is 9.34. The first-order valence-corrected chi connectivity index (χ1v) is 5.90. The molecule has 0 aliphatic rings. The largest absolute Gasteiger partial charge is 0.383 e. The lowest BCUT2D eigenvalue weighted by Gasteiger charge is -2.02. The van der Waals surface area contributed by atoms with Gasteiger partial charge in [0.05, 0.1) is 5.56 Å². The number of fused-ring (bicyclic) bond motifs is 1. The Balaban J connectivity index is 2.13. The molecule has 0 aliphatic carbocycles. The fourth-order valence-corrected chi connectivity index (χ4v) is 1.87. The van der Waals surface area contributed by atoms with Crippen LogP contribution < -0.4 is 5.73 Å². The van der Waals surface area contributed by atoms with E-state index in [1.807, 2.05) is 36.4 Å². The van der Waals surface area contributed by atoms with E-state index in [4.69, 9.17) is 5.73 Å². The summed E-state index contributed by atoms with van der Waals surface area (Å²) in [5, 5.41) is 1.81. The lowest BCUT2D eigenvalue weighted by Crippen LogP contribution is -1.94. The topological polar surface area (TPSA) is 51.8 Å². The summed E-state index contributed by atoms with van der Waals surface area (Å²) < 4.78 is 0. The van der Waals surface area contributed by atoms with E-state index in [2.05, 4.69) is 21.8 Å². The number of hydrogen-bond acceptors (Lipinski definition) is 3. The lowest BCUT2D eigenvalue weighted by molar-refractivity contribution is 1.31. The summed E-state index contributed by atoms with van der Waals surface area (Å²) in [5.41, 5.74) is 7.66. The van der Waals surface area contributed by atoms with Gasteiger partial charge in [0, 0.05) is 34.9 Å². The van der Waals surface area contributed by atoms with Gasteiger partial charge in [0.15, 0.2) is 0 Å². The molecular formula is C16H11N3. The highest BCUT2D eigenvalue weighted by Gasteiger charge is 2.02. The average Bonchev–Trinajstić information content (AvgIpc) is 2.48. The maximum atomic E-state index is 5.83. The molecule has 0 atom stereocenters. The number of hydrogen-bond donors (Lipinski definition) is 1. The van der Waals surface area contributed by atoms with Crippen LogP contribution in [0.4, 0.5) is 5.82 Å². The molecule has 90 valence electrons. The van der Waals surface area contributed by atoms with E-state index in [0.717, 1.165) is 21.9 Å². The summed E-state index contributed by atoms with van der Waals surface area (Å²) in [6.07, 6.45) is 5.15. The SMILES string of the molecule is Nc1ncc(C#Cc2ccccc2)c2ccncc12. The molecule has 2 N–H and O–H groups in total. The molecule has 0 bridgehead atoms. The summed E-state index contributed by atoms with van der Waals surface area (Å²) in [5.74, 6) is 6.74. The Labute approximate surface area is 111 Å². The standard InChI is InChI=1S/C16H11N3/c17-16-15-11-18-9-8-14(15)13(10-19-16)7-6-12-4-2-1-3-5-12/h1-5,8-11H,(H2,17,19). The second-order valence-electron chi connectivity index (χ2n) is 4.09. The van der Waals surface area contributed by atoms with Crippen LogP contribution in [-0.4, -0.2) is 9.97 Å². The van der Waals surface area contributed by atoms with Crippen LogP contribution in [0.15, 0.2) is 55.0 Å². The van der Waals surface area contributed by atoms with Gasteiger partial charge in [0.2, 0.25) is 0 Å². The molecule has 3 nitrogen and oxygen atoms in total. The van der Waals surface area contributed by atoms with E-state index < -0.39 is 0 Å². The molecule has 0 fully saturated rings. The van der Waals surface area contributed by atoms with Crippen LogP contribution in [0.5, 0.6) is 0 Å². The van der Waals surface area contributed by atoms with E-state index in [-0.39, 0.29) is 0 Å². The van der Waals surface area contributed by atoms with Gasteiger partial charge < -0.3 is 5.73 Å². The first kappa shape index (κ1) is 11.2. The first-order valence-electron chi connectivity index (χ1n) is 5.90. The Bertz CT molecular complexity index is 783. The monoisotopic (exact) mass is 245 g/mol. The van der Waals surface area contributed by atoms with Crippen LogP contribution in [0, 0.1) is 11.8 Å². The van der Waals surface area contributed by atoms with Crippen molar-refractivity contribution in [3.8, 4) is 11.8 Å². The van der Waals surface area contributed by atoms with Crippen molar-refractivity contribution in [3.63, 3.8) is 0 Å². The molecular weight excluding hydrogens is 234 g/mol. The van der Waals surface area contributed by atoms with Crippen LogP contribution in [-0.2, 0) is 0 Å². The maximum absolute atomic E-state index is 5.83. The number of pyridine rings is 2. The summed E-state index contributed by atoms with van der Waals surface area (Å²) >= 11 is 0. The van der Waals surface area contributed by atoms with E-state index >= 15 is 0 Å². The van der Waals surface area contributed by atoms with Crippen LogP contribution in [0.1, 0.15) is 11.1 Å². The summed E-state index contributed by atoms with van der Waals surface area (Å²) in [6.45, 7) is 0. The molecule has 1 aromatic carbocycles. The number of rotatable bonds is 0. The van der Waals surface area contributed by atoms with Gasteiger partial charge in [0.25, 0.3) is 0 Å². The molecule has 2 heterocycles. The Morgan fingerprint density at radius 3 is 2.58 bits per heavy atom. The van der Waals surface area contributed by atoms with Gasteiger partial charge in [-0.15, -0.1) is 0 Å². The van der Waals surface area contributed by atoms with E-state index in [9.17, 15) is 0 Å². The average molecular weight is 245 g/mol. The molecule has 19 heavy (non-hydrogen) atoms. The summed E-state index contributed by atoms with van der Waals surface area (Å²) in [7, 11) is 0. The van der Waals surface area contributed by atoms with Gasteiger partial charge in [-0.05, 0) is 18.2 Å². The minimum Gasteiger partial charge on any atom is -0.383 e. The van der Waals surface area contributed by atoms with Crippen LogP contribution in [0.2, 0.25) is 0 Å². The van der Waals surface area contributed by atoms with Gasteiger partial charge in [-0.2, -0.15) is 0 Å². The molecule has 0 unspecified atom stereocenters. The Kier molecular flexibility index (Phi) is 2.83. The number of aromatic nitrogens is 2. The van der Waals surface area contributed by atoms with Crippen LogP contribution >= 0.6 is 0 Å². The van der Waals surface area contributed by atoms with Crippen molar-refractivity contribution in [2.75, 3.05) is 5.73 Å². The molecule has 0 saturated carbocycles. The van der Waals surface area contributed by atoms with Crippen molar-refractivity contribution in [3.05, 3.63) is 66.1 Å². The van der Waals surface area contributed by atoms with E-state index in [0.29, 0.717) is 5.82 Å². The number of nitrogens with two attached hydrogens (primary N) is 1. The fraction of sp³-hybridized carbons (Fsp3) is 0. The molecule has 2 aromatic heterocycles. The van der Waals surface area contributed by atoms with Crippen molar-refractivity contribution in [2.45, 2.75) is 0 Å². The lowest BCUT2D eigenvalue weighted by atomic mass is 10.1. The maximum Gasteiger partial charge on any atom is 0.132 e. The minimum absolute atomic E-state index is 0.480. The molecule has 0 saturated heterocycles. The normalized spacial score (nSPS) is 9.89. The molecule has 0 spiro atoms. The zero-order valence-electron chi connectivity index (χ0n) is 10.2. The zero-order chi connectivity index (χ0) is 13.1. The van der Waals surface area contributed by atoms with Crippen molar-refractivity contribution in [2.24, 2.45) is 0 Å². The summed E-state index contributed by atoms with van der Waals surface area (Å²) in [4.78, 5) is 8.22. The Morgan fingerprint density at radius 1 is 0.895 bits per heavy atom. The quantitative estimate of drug-likeness (QED) is 0.619. The molecule has 3 aromatic rings. The predicted molar refractivity (Wildman–Crippen MR) is 76.4 cm³/mol. The highest BCUT2D eigenvalue weighted by Crippen LogP contribution is 2.20. The Hall–Kier alpha value is -2.86. The van der Waals surface area contributed by atoms with Gasteiger partial charge in [0.1, 0.15) is 5.82 Å². The van der Waals surface area contributed by atoms with E-state index in [1.54, 1.807) is 18.6 Å². The number of nitrogens with zero attached hydrogens (tertiary/aromatic N) is 2. The molecule has 0 aliphatic heterocycles. The Morgan fingerprint density at radius 2 is 1.74 bits per heavy atom. The summed E-state index contributed by atoms with van der Waals surface area (Å²) in [6, 6.07) is 11.8. The third kappa shape index (κ3) is 2.24. The second kappa shape index (κ2) is 4.79. The second-order valence-corrected chi connectivity index (χ2v) is 4.09. The van der Waals surface area contributed by atoms with Gasteiger partial charge in [-0.1, -0.05) is 30.0 Å². The van der Waals surface area contributed by atoms with Gasteiger partial charge in [-0.3, -0.25) is 4.98 Å². The van der Waals surface area contributed by atoms with Crippen molar-refractivity contribution < 1.29 is 0 Å². The fourth-order valence-electron chi connectivity index (χ4n) is 1.87. The predicted octanol–water partition coefficient (Wildman–Crippen LogP) is 2.61. The number of anilines is 1. The van der Waals surface area contributed by atoms with Crippen LogP contribution in [0.3, 0.4) is 0 Å². The molecule has 3 heteroatoms. The van der Waals surface area contributed by atoms with Gasteiger partial charge >= 0.3 is 0 Å². The van der Waals surface area contributed by atoms with Crippen molar-refractivity contribution in [1.29, 1.82) is 0 Å². The number of nitrogen functional groups attached to an aromatic ring is 1. The highest BCUT2D eigenvalue weighted by molar-refractivity contribution is 5.94. The smallest absolute Gasteiger partial charge is 0.132 e. The number of benzene rings is 1. The highest BCUT2D eigenvalue weighted by atomic mass is 14.8. The van der Waals surface area contributed by atoms with Crippen molar-refractivity contribution in [1.82, 2.24) is 9.97 Å². The van der Waals surface area contributed by atoms with Gasteiger partial charge in [-0.25, -0.2) is 4.98 Å².